The highest BCUT2D eigenvalue weighted by Crippen LogP contribution is 2.39. The maximum absolute atomic E-state index is 9.72. The average Bonchev–Trinajstić information content (AvgIpc) is 2.87. The lowest BCUT2D eigenvalue weighted by atomic mass is 10.0. The van der Waals surface area contributed by atoms with Crippen LogP contribution in [-0.4, -0.2) is 11.2 Å². The molecular formula is C15H15BrO3. The van der Waals surface area contributed by atoms with E-state index in [9.17, 15) is 5.11 Å². The zero-order valence-electron chi connectivity index (χ0n) is 11.1. The van der Waals surface area contributed by atoms with Crippen LogP contribution in [0.4, 0.5) is 0 Å². The van der Waals surface area contributed by atoms with Crippen molar-refractivity contribution < 1.29 is 13.9 Å². The molecule has 0 aliphatic heterocycles. The lowest BCUT2D eigenvalue weighted by Crippen LogP contribution is -2.04. The Morgan fingerprint density at radius 2 is 1.68 bits per heavy atom. The fourth-order valence-electron chi connectivity index (χ4n) is 2.55. The molecule has 1 N–H and O–H groups in total. The van der Waals surface area contributed by atoms with Crippen molar-refractivity contribution in [1.82, 2.24) is 0 Å². The second-order valence-corrected chi connectivity index (χ2v) is 5.84. The molecule has 1 aromatic carbocycles. The molecule has 0 radical (unpaired) electrons. The van der Waals surface area contributed by atoms with Gasteiger partial charge in [0.2, 0.25) is 0 Å². The zero-order valence-corrected chi connectivity index (χ0v) is 12.7. The molecule has 0 saturated heterocycles. The number of benzene rings is 1. The Bertz CT molecular complexity index is 707. The van der Waals surface area contributed by atoms with Crippen molar-refractivity contribution in [3.8, 4) is 0 Å². The quantitative estimate of drug-likeness (QED) is 0.756. The molecule has 1 atom stereocenters. The second kappa shape index (κ2) is 4.39. The molecule has 0 saturated carbocycles. The van der Waals surface area contributed by atoms with Crippen molar-refractivity contribution in [3.63, 3.8) is 0 Å². The average molecular weight is 323 g/mol. The molecule has 4 heteroatoms. The topological polar surface area (TPSA) is 46.5 Å². The highest BCUT2D eigenvalue weighted by atomic mass is 79.9. The lowest BCUT2D eigenvalue weighted by molar-refractivity contribution is 0.196. The van der Waals surface area contributed by atoms with Gasteiger partial charge >= 0.3 is 0 Å². The van der Waals surface area contributed by atoms with E-state index in [2.05, 4.69) is 15.9 Å². The molecule has 2 heterocycles. The molecule has 100 valence electrons. The Morgan fingerprint density at radius 1 is 1.11 bits per heavy atom. The fourth-order valence-corrected chi connectivity index (χ4v) is 3.13. The third-order valence-electron chi connectivity index (χ3n) is 3.25. The van der Waals surface area contributed by atoms with Crippen molar-refractivity contribution in [2.75, 3.05) is 0 Å². The Labute approximate surface area is 119 Å². The summed E-state index contributed by atoms with van der Waals surface area (Å²) < 4.78 is 12.5. The van der Waals surface area contributed by atoms with E-state index in [1.54, 1.807) is 6.92 Å². The second-order valence-electron chi connectivity index (χ2n) is 5.05. The van der Waals surface area contributed by atoms with Crippen LogP contribution in [0.3, 0.4) is 0 Å². The summed E-state index contributed by atoms with van der Waals surface area (Å²) in [7, 11) is 0. The van der Waals surface area contributed by atoms with Crippen LogP contribution in [0, 0.1) is 13.8 Å². The van der Waals surface area contributed by atoms with Crippen LogP contribution in [-0.2, 0) is 6.42 Å². The predicted octanol–water partition coefficient (Wildman–Crippen LogP) is 4.48. The Balaban J connectivity index is 2.47. The molecule has 19 heavy (non-hydrogen) atoms. The van der Waals surface area contributed by atoms with E-state index in [1.165, 1.54) is 0 Å². The van der Waals surface area contributed by atoms with Crippen LogP contribution in [0.5, 0.6) is 0 Å². The van der Waals surface area contributed by atoms with Crippen LogP contribution in [0.2, 0.25) is 0 Å². The number of fused-ring (bicyclic) bond motifs is 2. The van der Waals surface area contributed by atoms with Crippen LogP contribution >= 0.6 is 15.9 Å². The summed E-state index contributed by atoms with van der Waals surface area (Å²) in [5.41, 5.74) is 2.66. The number of hydrogen-bond donors (Lipinski definition) is 1. The third-order valence-corrected chi connectivity index (χ3v) is 4.03. The van der Waals surface area contributed by atoms with Gasteiger partial charge in [-0.3, -0.25) is 0 Å². The number of hydrogen-bond acceptors (Lipinski definition) is 3. The summed E-state index contributed by atoms with van der Waals surface area (Å²) in [6.45, 7) is 5.62. The Kier molecular flexibility index (Phi) is 2.95. The first-order valence-electron chi connectivity index (χ1n) is 6.26. The number of aliphatic hydroxyl groups excluding tert-OH is 1. The molecule has 1 unspecified atom stereocenters. The molecular weight excluding hydrogens is 308 g/mol. The zero-order chi connectivity index (χ0) is 13.7. The van der Waals surface area contributed by atoms with Gasteiger partial charge in [0.1, 0.15) is 22.7 Å². The Morgan fingerprint density at radius 3 is 2.32 bits per heavy atom. The third kappa shape index (κ3) is 1.99. The maximum Gasteiger partial charge on any atom is 0.149 e. The fraction of sp³-hybridized carbons (Fsp3) is 0.333. The van der Waals surface area contributed by atoms with E-state index in [4.69, 9.17) is 8.83 Å². The summed E-state index contributed by atoms with van der Waals surface area (Å²) in [5, 5.41) is 11.7. The van der Waals surface area contributed by atoms with Crippen molar-refractivity contribution >= 4 is 37.9 Å². The number of rotatable bonds is 2. The van der Waals surface area contributed by atoms with Crippen molar-refractivity contribution in [1.29, 1.82) is 0 Å². The minimum Gasteiger partial charge on any atom is -0.461 e. The smallest absolute Gasteiger partial charge is 0.149 e. The van der Waals surface area contributed by atoms with Crippen molar-refractivity contribution in [2.45, 2.75) is 33.3 Å². The van der Waals surface area contributed by atoms with Gasteiger partial charge in [-0.1, -0.05) is 0 Å². The first kappa shape index (κ1) is 12.8. The normalized spacial score (nSPS) is 13.5. The van der Waals surface area contributed by atoms with E-state index in [1.807, 2.05) is 26.0 Å². The highest BCUT2D eigenvalue weighted by molar-refractivity contribution is 9.10. The SMILES string of the molecule is Cc1cc2c(CC(C)O)c3oc(C)cc3c(Br)c2o1. The molecule has 0 amide bonds. The number of furan rings is 2. The lowest BCUT2D eigenvalue weighted by Gasteiger charge is -2.08. The molecule has 3 aromatic rings. The summed E-state index contributed by atoms with van der Waals surface area (Å²) in [4.78, 5) is 0. The van der Waals surface area contributed by atoms with Crippen LogP contribution < -0.4 is 0 Å². The number of aryl methyl sites for hydroxylation is 2. The molecule has 3 rings (SSSR count). The summed E-state index contributed by atoms with van der Waals surface area (Å²) >= 11 is 3.59. The predicted molar refractivity (Wildman–Crippen MR) is 78.5 cm³/mol. The minimum absolute atomic E-state index is 0.423. The van der Waals surface area contributed by atoms with Gasteiger partial charge in [0.15, 0.2) is 0 Å². The van der Waals surface area contributed by atoms with Crippen LogP contribution in [0.15, 0.2) is 25.4 Å². The van der Waals surface area contributed by atoms with Gasteiger partial charge in [0.05, 0.1) is 10.6 Å². The van der Waals surface area contributed by atoms with Gasteiger partial charge in [-0.25, -0.2) is 0 Å². The molecule has 0 aliphatic carbocycles. The maximum atomic E-state index is 9.72. The van der Waals surface area contributed by atoms with Gasteiger partial charge in [-0.15, -0.1) is 0 Å². The van der Waals surface area contributed by atoms with Gasteiger partial charge in [-0.2, -0.15) is 0 Å². The summed E-state index contributed by atoms with van der Waals surface area (Å²) in [6, 6.07) is 3.98. The van der Waals surface area contributed by atoms with E-state index in [-0.39, 0.29) is 0 Å². The number of aliphatic hydroxyl groups is 1. The molecule has 0 fully saturated rings. The molecule has 0 aliphatic rings. The monoisotopic (exact) mass is 322 g/mol. The van der Waals surface area contributed by atoms with E-state index in [0.717, 1.165) is 43.5 Å². The Hall–Kier alpha value is -1.26. The molecule has 3 nitrogen and oxygen atoms in total. The van der Waals surface area contributed by atoms with Gasteiger partial charge in [0, 0.05) is 22.8 Å². The van der Waals surface area contributed by atoms with Gasteiger partial charge < -0.3 is 13.9 Å². The van der Waals surface area contributed by atoms with Crippen LogP contribution in [0.1, 0.15) is 24.0 Å². The highest BCUT2D eigenvalue weighted by Gasteiger charge is 2.20. The van der Waals surface area contributed by atoms with Crippen LogP contribution in [0.25, 0.3) is 21.9 Å². The molecule has 0 spiro atoms. The van der Waals surface area contributed by atoms with Crippen molar-refractivity contribution in [2.24, 2.45) is 0 Å². The summed E-state index contributed by atoms with van der Waals surface area (Å²) in [6.07, 6.45) is 0.125. The molecule has 0 bridgehead atoms. The van der Waals surface area contributed by atoms with E-state index in [0.29, 0.717) is 6.42 Å². The van der Waals surface area contributed by atoms with E-state index < -0.39 is 6.10 Å². The van der Waals surface area contributed by atoms with E-state index >= 15 is 0 Å². The minimum atomic E-state index is -0.423. The first-order valence-corrected chi connectivity index (χ1v) is 7.05. The van der Waals surface area contributed by atoms with Crippen molar-refractivity contribution in [3.05, 3.63) is 33.7 Å². The standard InChI is InChI=1S/C15H15BrO3/c1-7(17)4-10-11-5-8(2)19-15(11)13(16)12-6-9(3)18-14(10)12/h5-7,17H,4H2,1-3H3. The first-order chi connectivity index (χ1) is 8.97. The molecule has 2 aromatic heterocycles. The van der Waals surface area contributed by atoms with Gasteiger partial charge in [-0.05, 0) is 48.8 Å². The summed E-state index contributed by atoms with van der Waals surface area (Å²) in [5.74, 6) is 1.71. The number of halogens is 1. The largest absolute Gasteiger partial charge is 0.461 e. The van der Waals surface area contributed by atoms with Gasteiger partial charge in [0.25, 0.3) is 0 Å².